The highest BCUT2D eigenvalue weighted by Crippen LogP contribution is 2.50. The van der Waals surface area contributed by atoms with Gasteiger partial charge < -0.3 is 4.74 Å². The highest BCUT2D eigenvalue weighted by Gasteiger charge is 2.34. The van der Waals surface area contributed by atoms with Crippen molar-refractivity contribution in [1.82, 2.24) is 0 Å². The summed E-state index contributed by atoms with van der Waals surface area (Å²) in [6.07, 6.45) is 7.77. The lowest BCUT2D eigenvalue weighted by Gasteiger charge is -2.38. The fourth-order valence-electron chi connectivity index (χ4n) is 3.02. The molecule has 1 fully saturated rings. The Morgan fingerprint density at radius 1 is 1.25 bits per heavy atom. The average Bonchev–Trinajstić information content (AvgIpc) is 2.46. The van der Waals surface area contributed by atoms with Crippen LogP contribution in [0.3, 0.4) is 0 Å². The van der Waals surface area contributed by atoms with Crippen LogP contribution < -0.4 is 4.74 Å². The zero-order chi connectivity index (χ0) is 14.6. The summed E-state index contributed by atoms with van der Waals surface area (Å²) >= 11 is 7.59. The zero-order valence-corrected chi connectivity index (χ0v) is 15.6. The summed E-state index contributed by atoms with van der Waals surface area (Å²) in [5.74, 6) is 0.948. The lowest BCUT2D eigenvalue weighted by atomic mass is 9.72. The SMILES string of the molecule is CCCOc1ccc(C(Br)C2(C)CCCCC2)cc1Br. The number of benzene rings is 1. The summed E-state index contributed by atoms with van der Waals surface area (Å²) in [7, 11) is 0. The predicted molar refractivity (Wildman–Crippen MR) is 92.8 cm³/mol. The van der Waals surface area contributed by atoms with Crippen LogP contribution in [-0.4, -0.2) is 6.61 Å². The Kier molecular flexibility index (Phi) is 5.97. The van der Waals surface area contributed by atoms with Crippen LogP contribution in [0.5, 0.6) is 5.75 Å². The molecule has 1 aliphatic rings. The third-order valence-corrected chi connectivity index (χ3v) is 6.57. The molecule has 0 spiro atoms. The van der Waals surface area contributed by atoms with E-state index in [-0.39, 0.29) is 0 Å². The molecule has 0 heterocycles. The first kappa shape index (κ1) is 16.4. The van der Waals surface area contributed by atoms with Gasteiger partial charge in [-0.25, -0.2) is 0 Å². The lowest BCUT2D eigenvalue weighted by Crippen LogP contribution is -2.25. The quantitative estimate of drug-likeness (QED) is 0.500. The van der Waals surface area contributed by atoms with Crippen molar-refractivity contribution in [3.63, 3.8) is 0 Å². The molecule has 20 heavy (non-hydrogen) atoms. The van der Waals surface area contributed by atoms with E-state index in [1.54, 1.807) is 0 Å². The minimum absolute atomic E-state index is 0.378. The van der Waals surface area contributed by atoms with Gasteiger partial charge in [0.15, 0.2) is 0 Å². The van der Waals surface area contributed by atoms with E-state index in [2.05, 4.69) is 63.9 Å². The van der Waals surface area contributed by atoms with E-state index in [4.69, 9.17) is 4.74 Å². The Balaban J connectivity index is 2.13. The van der Waals surface area contributed by atoms with Crippen molar-refractivity contribution in [1.29, 1.82) is 0 Å². The first-order valence-corrected chi connectivity index (χ1v) is 9.34. The molecule has 0 amide bonds. The van der Waals surface area contributed by atoms with E-state index in [0.29, 0.717) is 10.2 Å². The molecule has 0 aliphatic heterocycles. The monoisotopic (exact) mass is 402 g/mol. The van der Waals surface area contributed by atoms with Gasteiger partial charge in [-0.05, 0) is 58.3 Å². The minimum atomic E-state index is 0.378. The molecule has 3 heteroatoms. The Morgan fingerprint density at radius 3 is 2.55 bits per heavy atom. The first-order chi connectivity index (χ1) is 9.57. The van der Waals surface area contributed by atoms with Crippen LogP contribution in [-0.2, 0) is 0 Å². The van der Waals surface area contributed by atoms with Crippen molar-refractivity contribution in [2.45, 2.75) is 57.2 Å². The van der Waals surface area contributed by atoms with Crippen LogP contribution in [0, 0.1) is 5.41 Å². The molecule has 1 aromatic carbocycles. The molecule has 1 unspecified atom stereocenters. The van der Waals surface area contributed by atoms with Gasteiger partial charge in [0.25, 0.3) is 0 Å². The summed E-state index contributed by atoms with van der Waals surface area (Å²) in [6, 6.07) is 6.51. The largest absolute Gasteiger partial charge is 0.492 e. The lowest BCUT2D eigenvalue weighted by molar-refractivity contribution is 0.212. The Bertz CT molecular complexity index is 439. The smallest absolute Gasteiger partial charge is 0.133 e. The van der Waals surface area contributed by atoms with Gasteiger partial charge in [0.1, 0.15) is 5.75 Å². The van der Waals surface area contributed by atoms with Crippen molar-refractivity contribution in [2.75, 3.05) is 6.61 Å². The summed E-state index contributed by atoms with van der Waals surface area (Å²) < 4.78 is 6.79. The molecule has 1 aliphatic carbocycles. The van der Waals surface area contributed by atoms with E-state index in [1.807, 2.05) is 0 Å². The van der Waals surface area contributed by atoms with Crippen molar-refractivity contribution in [3.05, 3.63) is 28.2 Å². The Labute approximate surface area is 139 Å². The van der Waals surface area contributed by atoms with Crippen LogP contribution >= 0.6 is 31.9 Å². The van der Waals surface area contributed by atoms with Crippen LogP contribution in [0.15, 0.2) is 22.7 Å². The van der Waals surface area contributed by atoms with Crippen LogP contribution in [0.1, 0.15) is 62.8 Å². The number of hydrogen-bond acceptors (Lipinski definition) is 1. The third-order valence-electron chi connectivity index (χ3n) is 4.32. The maximum absolute atomic E-state index is 5.73. The zero-order valence-electron chi connectivity index (χ0n) is 12.4. The molecule has 0 N–H and O–H groups in total. The predicted octanol–water partition coefficient (Wildman–Crippen LogP) is 6.64. The molecule has 1 atom stereocenters. The van der Waals surface area contributed by atoms with E-state index >= 15 is 0 Å². The van der Waals surface area contributed by atoms with Gasteiger partial charge in [0.05, 0.1) is 11.1 Å². The van der Waals surface area contributed by atoms with Gasteiger partial charge in [-0.1, -0.05) is 55.1 Å². The summed E-state index contributed by atoms with van der Waals surface area (Å²) in [5, 5.41) is 0. The fourth-order valence-corrected chi connectivity index (χ4v) is 4.27. The van der Waals surface area contributed by atoms with Crippen molar-refractivity contribution >= 4 is 31.9 Å². The van der Waals surface area contributed by atoms with Gasteiger partial charge in [-0.3, -0.25) is 0 Å². The van der Waals surface area contributed by atoms with Crippen molar-refractivity contribution in [2.24, 2.45) is 5.41 Å². The maximum Gasteiger partial charge on any atom is 0.133 e. The molecule has 0 radical (unpaired) electrons. The summed E-state index contributed by atoms with van der Waals surface area (Å²) in [6.45, 7) is 5.31. The first-order valence-electron chi connectivity index (χ1n) is 7.63. The van der Waals surface area contributed by atoms with E-state index < -0.39 is 0 Å². The van der Waals surface area contributed by atoms with E-state index in [0.717, 1.165) is 23.2 Å². The molecular weight excluding hydrogens is 380 g/mol. The fraction of sp³-hybridized carbons (Fsp3) is 0.647. The van der Waals surface area contributed by atoms with E-state index in [1.165, 1.54) is 37.7 Å². The third kappa shape index (κ3) is 3.79. The number of hydrogen-bond donors (Lipinski definition) is 0. The molecule has 112 valence electrons. The van der Waals surface area contributed by atoms with Gasteiger partial charge in [-0.15, -0.1) is 0 Å². The summed E-state index contributed by atoms with van der Waals surface area (Å²) in [5.41, 5.74) is 1.73. The second-order valence-electron chi connectivity index (χ2n) is 6.12. The number of halogens is 2. The van der Waals surface area contributed by atoms with Gasteiger partial charge in [0.2, 0.25) is 0 Å². The van der Waals surface area contributed by atoms with Gasteiger partial charge in [-0.2, -0.15) is 0 Å². The number of ether oxygens (including phenoxy) is 1. The van der Waals surface area contributed by atoms with Crippen molar-refractivity contribution in [3.8, 4) is 5.75 Å². The summed E-state index contributed by atoms with van der Waals surface area (Å²) in [4.78, 5) is 0.423. The van der Waals surface area contributed by atoms with Crippen LogP contribution in [0.4, 0.5) is 0 Å². The highest BCUT2D eigenvalue weighted by molar-refractivity contribution is 9.10. The Morgan fingerprint density at radius 2 is 1.95 bits per heavy atom. The average molecular weight is 404 g/mol. The number of rotatable bonds is 5. The topological polar surface area (TPSA) is 9.23 Å². The van der Waals surface area contributed by atoms with E-state index in [9.17, 15) is 0 Å². The van der Waals surface area contributed by atoms with Crippen LogP contribution in [0.2, 0.25) is 0 Å². The van der Waals surface area contributed by atoms with Crippen molar-refractivity contribution < 1.29 is 4.74 Å². The normalized spacial score (nSPS) is 19.6. The minimum Gasteiger partial charge on any atom is -0.492 e. The van der Waals surface area contributed by atoms with Crippen LogP contribution in [0.25, 0.3) is 0 Å². The molecule has 2 rings (SSSR count). The maximum atomic E-state index is 5.73. The van der Waals surface area contributed by atoms with Gasteiger partial charge in [0, 0.05) is 4.83 Å². The number of alkyl halides is 1. The van der Waals surface area contributed by atoms with Gasteiger partial charge >= 0.3 is 0 Å². The molecule has 0 aromatic heterocycles. The second kappa shape index (κ2) is 7.31. The second-order valence-corrected chi connectivity index (χ2v) is 7.89. The Hall–Kier alpha value is -0.0200. The highest BCUT2D eigenvalue weighted by atomic mass is 79.9. The molecule has 0 bridgehead atoms. The molecule has 1 nitrogen and oxygen atoms in total. The molecule has 1 aromatic rings. The molecular formula is C17H24Br2O. The standard InChI is InChI=1S/C17H24Br2O/c1-3-11-20-15-8-7-13(12-14(15)18)16(19)17(2)9-5-4-6-10-17/h7-8,12,16H,3-6,9-11H2,1-2H3. The molecule has 0 saturated heterocycles. The molecule has 1 saturated carbocycles.